The molecule has 0 N–H and O–H groups in total. The first-order valence-corrected chi connectivity index (χ1v) is 6.14. The Hall–Kier alpha value is -0.460. The molecular weight excluding hydrogens is 170 g/mol. The van der Waals surface area contributed by atoms with Crippen molar-refractivity contribution in [3.8, 4) is 0 Å². The van der Waals surface area contributed by atoms with Crippen LogP contribution in [-0.2, 0) is 0 Å². The molecule has 1 unspecified atom stereocenters. The molecule has 0 aromatic carbocycles. The minimum absolute atomic E-state index is 0.670. The van der Waals surface area contributed by atoms with Crippen LogP contribution in [0.3, 0.4) is 0 Å². The second-order valence-electron chi connectivity index (χ2n) is 3.44. The maximum absolute atomic E-state index is 2.39. The van der Waals surface area contributed by atoms with E-state index in [1.165, 1.54) is 13.0 Å². The molecule has 0 amide bonds. The Labute approximate surface area is 91.2 Å². The molecule has 0 radical (unpaired) electrons. The van der Waals surface area contributed by atoms with Gasteiger partial charge in [0.15, 0.2) is 0 Å². The van der Waals surface area contributed by atoms with Crippen LogP contribution in [-0.4, -0.2) is 17.5 Å². The predicted molar refractivity (Wildman–Crippen MR) is 67.5 cm³/mol. The fourth-order valence-electron chi connectivity index (χ4n) is 1.21. The molecule has 1 atom stereocenters. The molecule has 0 fully saturated rings. The van der Waals surface area contributed by atoms with Gasteiger partial charge in [0.1, 0.15) is 0 Å². The highest BCUT2D eigenvalue weighted by molar-refractivity contribution is 4.93. The van der Waals surface area contributed by atoms with Crippen molar-refractivity contribution in [2.75, 3.05) is 6.54 Å². The zero-order chi connectivity index (χ0) is 11.6. The highest BCUT2D eigenvalue weighted by atomic mass is 15.1. The Bertz CT molecular complexity index is 127. The molecule has 1 heterocycles. The molecule has 86 valence electrons. The summed E-state index contributed by atoms with van der Waals surface area (Å²) in [6.07, 6.45) is 5.84. The van der Waals surface area contributed by atoms with E-state index in [0.717, 1.165) is 5.92 Å². The van der Waals surface area contributed by atoms with E-state index >= 15 is 0 Å². The monoisotopic (exact) mass is 199 g/mol. The van der Waals surface area contributed by atoms with E-state index in [0.29, 0.717) is 6.04 Å². The van der Waals surface area contributed by atoms with E-state index < -0.39 is 0 Å². The summed E-state index contributed by atoms with van der Waals surface area (Å²) < 4.78 is 0. The molecule has 1 heteroatoms. The molecule has 0 saturated heterocycles. The van der Waals surface area contributed by atoms with Crippen LogP contribution in [0.2, 0.25) is 0 Å². The predicted octanol–water partition coefficient (Wildman–Crippen LogP) is 4.30. The molecule has 14 heavy (non-hydrogen) atoms. The second kappa shape index (κ2) is 10.6. The van der Waals surface area contributed by atoms with E-state index in [1.807, 2.05) is 27.7 Å². The third-order valence-corrected chi connectivity index (χ3v) is 2.11. The molecule has 0 aromatic heterocycles. The van der Waals surface area contributed by atoms with E-state index in [2.05, 4.69) is 37.9 Å². The lowest BCUT2D eigenvalue weighted by Gasteiger charge is -2.29. The van der Waals surface area contributed by atoms with E-state index in [1.54, 1.807) is 0 Å². The summed E-state index contributed by atoms with van der Waals surface area (Å²) in [5.74, 6) is 0.787. The number of rotatable bonds is 1. The van der Waals surface area contributed by atoms with Gasteiger partial charge in [-0.1, -0.05) is 40.7 Å². The van der Waals surface area contributed by atoms with Crippen LogP contribution < -0.4 is 0 Å². The van der Waals surface area contributed by atoms with Crippen LogP contribution >= 0.6 is 0 Å². The Morgan fingerprint density at radius 2 is 1.64 bits per heavy atom. The summed E-state index contributed by atoms with van der Waals surface area (Å²) in [5, 5.41) is 0. The van der Waals surface area contributed by atoms with Crippen molar-refractivity contribution < 1.29 is 0 Å². The molecule has 0 bridgehead atoms. The summed E-state index contributed by atoms with van der Waals surface area (Å²) in [5.41, 5.74) is 0. The van der Waals surface area contributed by atoms with Gasteiger partial charge in [0.05, 0.1) is 0 Å². The van der Waals surface area contributed by atoms with Crippen molar-refractivity contribution in [1.29, 1.82) is 0 Å². The molecule has 0 aromatic rings. The van der Waals surface area contributed by atoms with Crippen LogP contribution in [0, 0.1) is 5.92 Å². The third kappa shape index (κ3) is 6.99. The van der Waals surface area contributed by atoms with Crippen LogP contribution in [0.1, 0.15) is 54.9 Å². The Morgan fingerprint density at radius 1 is 1.14 bits per heavy atom. The van der Waals surface area contributed by atoms with Crippen molar-refractivity contribution >= 4 is 0 Å². The number of hydrogen-bond donors (Lipinski definition) is 0. The van der Waals surface area contributed by atoms with Gasteiger partial charge in [-0.25, -0.2) is 0 Å². The van der Waals surface area contributed by atoms with Crippen LogP contribution in [0.15, 0.2) is 12.3 Å². The number of allylic oxidation sites excluding steroid dienone is 1. The van der Waals surface area contributed by atoms with Gasteiger partial charge in [0.25, 0.3) is 0 Å². The lowest BCUT2D eigenvalue weighted by atomic mass is 10.0. The summed E-state index contributed by atoms with van der Waals surface area (Å²) in [7, 11) is 0. The van der Waals surface area contributed by atoms with Gasteiger partial charge in [-0.05, 0) is 32.4 Å². The van der Waals surface area contributed by atoms with Crippen molar-refractivity contribution in [2.45, 2.75) is 60.9 Å². The Balaban J connectivity index is 0. The topological polar surface area (TPSA) is 3.24 Å². The molecule has 1 nitrogen and oxygen atoms in total. The molecule has 0 spiro atoms. The first kappa shape index (κ1) is 16.0. The van der Waals surface area contributed by atoms with Crippen molar-refractivity contribution in [3.63, 3.8) is 0 Å². The van der Waals surface area contributed by atoms with Gasteiger partial charge < -0.3 is 4.90 Å². The maximum atomic E-state index is 2.39. The minimum atomic E-state index is 0.670. The molecule has 1 aliphatic heterocycles. The number of nitrogens with zero attached hydrogens (tertiary/aromatic N) is 1. The van der Waals surface area contributed by atoms with E-state index in [9.17, 15) is 0 Å². The Kier molecular flexibility index (Phi) is 12.1. The van der Waals surface area contributed by atoms with Gasteiger partial charge in [-0.15, -0.1) is 0 Å². The maximum Gasteiger partial charge on any atom is 0.0227 e. The SMILES string of the molecule is CC.CC.CC1C=CN(C(C)C)CC1. The molecular formula is C13H29N. The Morgan fingerprint density at radius 3 is 1.93 bits per heavy atom. The van der Waals surface area contributed by atoms with Gasteiger partial charge in [-0.3, -0.25) is 0 Å². The highest BCUT2D eigenvalue weighted by Gasteiger charge is 2.10. The van der Waals surface area contributed by atoms with Crippen molar-refractivity contribution in [2.24, 2.45) is 5.92 Å². The summed E-state index contributed by atoms with van der Waals surface area (Å²) in [6.45, 7) is 16.0. The molecule has 1 aliphatic rings. The third-order valence-electron chi connectivity index (χ3n) is 2.11. The van der Waals surface area contributed by atoms with Crippen LogP contribution in [0.5, 0.6) is 0 Å². The second-order valence-corrected chi connectivity index (χ2v) is 3.44. The zero-order valence-electron chi connectivity index (χ0n) is 11.2. The number of hydrogen-bond acceptors (Lipinski definition) is 1. The van der Waals surface area contributed by atoms with Crippen LogP contribution in [0.4, 0.5) is 0 Å². The van der Waals surface area contributed by atoms with E-state index in [4.69, 9.17) is 0 Å². The van der Waals surface area contributed by atoms with Crippen molar-refractivity contribution in [1.82, 2.24) is 4.90 Å². The summed E-state index contributed by atoms with van der Waals surface area (Å²) in [4.78, 5) is 2.39. The summed E-state index contributed by atoms with van der Waals surface area (Å²) in [6, 6.07) is 0.670. The lowest BCUT2D eigenvalue weighted by Crippen LogP contribution is -2.29. The largest absolute Gasteiger partial charge is 0.375 e. The van der Waals surface area contributed by atoms with Gasteiger partial charge in [0.2, 0.25) is 0 Å². The quantitative estimate of drug-likeness (QED) is 0.608. The molecule has 0 aliphatic carbocycles. The fraction of sp³-hybridized carbons (Fsp3) is 0.846. The van der Waals surface area contributed by atoms with Crippen LogP contribution in [0.25, 0.3) is 0 Å². The summed E-state index contributed by atoms with van der Waals surface area (Å²) >= 11 is 0. The smallest absolute Gasteiger partial charge is 0.0227 e. The van der Waals surface area contributed by atoms with Gasteiger partial charge in [-0.2, -0.15) is 0 Å². The molecule has 1 rings (SSSR count). The molecule has 0 saturated carbocycles. The standard InChI is InChI=1S/C9H17N.2C2H6/c1-8(2)10-6-4-9(3)5-7-10;2*1-2/h4,6,8-9H,5,7H2,1-3H3;2*1-2H3. The lowest BCUT2D eigenvalue weighted by molar-refractivity contribution is 0.278. The first-order chi connectivity index (χ1) is 6.70. The fourth-order valence-corrected chi connectivity index (χ4v) is 1.21. The first-order valence-electron chi connectivity index (χ1n) is 6.14. The highest BCUT2D eigenvalue weighted by Crippen LogP contribution is 2.14. The minimum Gasteiger partial charge on any atom is -0.375 e. The van der Waals surface area contributed by atoms with Gasteiger partial charge >= 0.3 is 0 Å². The normalized spacial score (nSPS) is 19.4. The average molecular weight is 199 g/mol. The van der Waals surface area contributed by atoms with Gasteiger partial charge in [0, 0.05) is 12.6 Å². The average Bonchev–Trinajstić information content (AvgIpc) is 2.24. The van der Waals surface area contributed by atoms with Crippen molar-refractivity contribution in [3.05, 3.63) is 12.3 Å². The van der Waals surface area contributed by atoms with E-state index in [-0.39, 0.29) is 0 Å². The zero-order valence-corrected chi connectivity index (χ0v) is 11.2.